The van der Waals surface area contributed by atoms with Crippen LogP contribution in [-0.4, -0.2) is 7.11 Å². The summed E-state index contributed by atoms with van der Waals surface area (Å²) in [5.41, 5.74) is 1.31. The van der Waals surface area contributed by atoms with E-state index in [2.05, 4.69) is 35.0 Å². The Labute approximate surface area is 95.8 Å². The minimum atomic E-state index is 0.912. The lowest BCUT2D eigenvalue weighted by molar-refractivity contribution is 0.420. The molecule has 3 heteroatoms. The van der Waals surface area contributed by atoms with Crippen LogP contribution in [0.1, 0.15) is 10.4 Å². The molecule has 1 aromatic carbocycles. The van der Waals surface area contributed by atoms with E-state index in [1.54, 1.807) is 18.4 Å². The van der Waals surface area contributed by atoms with Gasteiger partial charge < -0.3 is 4.74 Å². The molecular formula is C11H11BrOS. The van der Waals surface area contributed by atoms with E-state index in [0.717, 1.165) is 11.1 Å². The molecule has 2 aromatic rings. The van der Waals surface area contributed by atoms with Crippen LogP contribution < -0.4 is 4.74 Å². The Morgan fingerprint density at radius 2 is 2.21 bits per heavy atom. The standard InChI is InChI=1S/C11H11BrOS/c1-7-3-4-10(13-2)11-9(7)5-8(6-12)14-11/h3-5H,6H2,1-2H3. The summed E-state index contributed by atoms with van der Waals surface area (Å²) < 4.78 is 6.59. The van der Waals surface area contributed by atoms with Gasteiger partial charge in [0.05, 0.1) is 11.8 Å². The Hall–Kier alpha value is -0.540. The Bertz CT molecular complexity index is 462. The van der Waals surface area contributed by atoms with E-state index < -0.39 is 0 Å². The average molecular weight is 271 g/mol. The first-order valence-electron chi connectivity index (χ1n) is 4.38. The van der Waals surface area contributed by atoms with Gasteiger partial charge in [-0.2, -0.15) is 0 Å². The topological polar surface area (TPSA) is 9.23 Å². The van der Waals surface area contributed by atoms with Crippen molar-refractivity contribution in [1.29, 1.82) is 0 Å². The molecule has 0 saturated carbocycles. The lowest BCUT2D eigenvalue weighted by atomic mass is 10.1. The van der Waals surface area contributed by atoms with Crippen molar-refractivity contribution >= 4 is 37.4 Å². The number of alkyl halides is 1. The van der Waals surface area contributed by atoms with Gasteiger partial charge in [0.25, 0.3) is 0 Å². The number of halogens is 1. The van der Waals surface area contributed by atoms with Crippen LogP contribution in [0.5, 0.6) is 5.75 Å². The fraction of sp³-hybridized carbons (Fsp3) is 0.273. The first-order valence-corrected chi connectivity index (χ1v) is 6.32. The maximum atomic E-state index is 5.34. The van der Waals surface area contributed by atoms with E-state index in [-0.39, 0.29) is 0 Å². The monoisotopic (exact) mass is 270 g/mol. The van der Waals surface area contributed by atoms with Crippen molar-refractivity contribution in [2.45, 2.75) is 12.3 Å². The maximum absolute atomic E-state index is 5.34. The number of methoxy groups -OCH3 is 1. The van der Waals surface area contributed by atoms with E-state index in [4.69, 9.17) is 4.74 Å². The second-order valence-electron chi connectivity index (χ2n) is 3.17. The second-order valence-corrected chi connectivity index (χ2v) is 4.87. The molecule has 0 spiro atoms. The van der Waals surface area contributed by atoms with Crippen molar-refractivity contribution in [2.75, 3.05) is 7.11 Å². The smallest absolute Gasteiger partial charge is 0.136 e. The van der Waals surface area contributed by atoms with Crippen LogP contribution in [0.2, 0.25) is 0 Å². The van der Waals surface area contributed by atoms with Crippen LogP contribution in [0.3, 0.4) is 0 Å². The Morgan fingerprint density at radius 3 is 2.86 bits per heavy atom. The molecule has 14 heavy (non-hydrogen) atoms. The van der Waals surface area contributed by atoms with Crippen molar-refractivity contribution in [3.8, 4) is 5.75 Å². The molecule has 0 bridgehead atoms. The van der Waals surface area contributed by atoms with Crippen LogP contribution in [0.4, 0.5) is 0 Å². The number of fused-ring (bicyclic) bond motifs is 1. The third-order valence-corrected chi connectivity index (χ3v) is 4.39. The van der Waals surface area contributed by atoms with Crippen LogP contribution in [0.25, 0.3) is 10.1 Å². The molecule has 0 unspecified atom stereocenters. The predicted octanol–water partition coefficient (Wildman–Crippen LogP) is 4.11. The molecular weight excluding hydrogens is 260 g/mol. The summed E-state index contributed by atoms with van der Waals surface area (Å²) >= 11 is 5.27. The average Bonchev–Trinajstić information content (AvgIpc) is 2.63. The third kappa shape index (κ3) is 1.55. The number of rotatable bonds is 2. The first kappa shape index (κ1) is 9.99. The molecule has 0 radical (unpaired) electrons. The van der Waals surface area contributed by atoms with E-state index in [0.29, 0.717) is 0 Å². The van der Waals surface area contributed by atoms with Crippen LogP contribution >= 0.6 is 27.3 Å². The zero-order valence-corrected chi connectivity index (χ0v) is 10.5. The normalized spacial score (nSPS) is 10.8. The molecule has 0 aliphatic carbocycles. The van der Waals surface area contributed by atoms with E-state index in [1.807, 2.05) is 6.07 Å². The summed E-state index contributed by atoms with van der Waals surface area (Å²) in [5.74, 6) is 0.975. The van der Waals surface area contributed by atoms with Crippen molar-refractivity contribution in [3.63, 3.8) is 0 Å². The molecule has 1 aromatic heterocycles. The van der Waals surface area contributed by atoms with Crippen molar-refractivity contribution < 1.29 is 4.74 Å². The van der Waals surface area contributed by atoms with Crippen molar-refractivity contribution in [2.24, 2.45) is 0 Å². The van der Waals surface area contributed by atoms with Gasteiger partial charge in [0.1, 0.15) is 5.75 Å². The molecule has 0 atom stereocenters. The molecule has 2 rings (SSSR count). The lowest BCUT2D eigenvalue weighted by Gasteiger charge is -2.02. The number of hydrogen-bond acceptors (Lipinski definition) is 2. The zero-order chi connectivity index (χ0) is 10.1. The number of benzene rings is 1. The van der Waals surface area contributed by atoms with Gasteiger partial charge in [-0.1, -0.05) is 22.0 Å². The van der Waals surface area contributed by atoms with Gasteiger partial charge >= 0.3 is 0 Å². The van der Waals surface area contributed by atoms with Crippen LogP contribution in [-0.2, 0) is 5.33 Å². The number of aryl methyl sites for hydroxylation is 1. The second kappa shape index (κ2) is 3.91. The van der Waals surface area contributed by atoms with E-state index in [9.17, 15) is 0 Å². The Kier molecular flexibility index (Phi) is 2.79. The quantitative estimate of drug-likeness (QED) is 0.747. The molecule has 0 N–H and O–H groups in total. The molecule has 0 aliphatic heterocycles. The zero-order valence-electron chi connectivity index (χ0n) is 8.13. The Balaban J connectivity index is 2.74. The van der Waals surface area contributed by atoms with Gasteiger partial charge in [-0.25, -0.2) is 0 Å². The highest BCUT2D eigenvalue weighted by molar-refractivity contribution is 9.08. The molecule has 0 fully saturated rings. The van der Waals surface area contributed by atoms with Crippen LogP contribution in [0.15, 0.2) is 18.2 Å². The van der Waals surface area contributed by atoms with Crippen LogP contribution in [0, 0.1) is 6.92 Å². The summed E-state index contributed by atoms with van der Waals surface area (Å²) in [6, 6.07) is 6.37. The van der Waals surface area contributed by atoms with E-state index in [1.165, 1.54) is 20.5 Å². The Morgan fingerprint density at radius 1 is 1.43 bits per heavy atom. The minimum absolute atomic E-state index is 0.912. The largest absolute Gasteiger partial charge is 0.495 e. The number of ether oxygens (including phenoxy) is 1. The first-order chi connectivity index (χ1) is 6.76. The summed E-state index contributed by atoms with van der Waals surface area (Å²) in [4.78, 5) is 1.34. The molecule has 0 amide bonds. The summed E-state index contributed by atoms with van der Waals surface area (Å²) in [6.45, 7) is 2.13. The fourth-order valence-electron chi connectivity index (χ4n) is 1.51. The third-order valence-electron chi connectivity index (χ3n) is 2.27. The van der Waals surface area contributed by atoms with Crippen molar-refractivity contribution in [3.05, 3.63) is 28.6 Å². The highest BCUT2D eigenvalue weighted by atomic mass is 79.9. The summed E-state index contributed by atoms with van der Waals surface area (Å²) in [7, 11) is 1.72. The minimum Gasteiger partial charge on any atom is -0.495 e. The van der Waals surface area contributed by atoms with Gasteiger partial charge in [0.15, 0.2) is 0 Å². The van der Waals surface area contributed by atoms with Gasteiger partial charge in [0.2, 0.25) is 0 Å². The van der Waals surface area contributed by atoms with Crippen molar-refractivity contribution in [1.82, 2.24) is 0 Å². The summed E-state index contributed by atoms with van der Waals surface area (Å²) in [6.07, 6.45) is 0. The highest BCUT2D eigenvalue weighted by Gasteiger charge is 2.08. The SMILES string of the molecule is COc1ccc(C)c2cc(CBr)sc12. The highest BCUT2D eigenvalue weighted by Crippen LogP contribution is 2.36. The molecule has 0 aliphatic rings. The lowest BCUT2D eigenvalue weighted by Crippen LogP contribution is -1.82. The van der Waals surface area contributed by atoms with Gasteiger partial charge in [-0.3, -0.25) is 0 Å². The van der Waals surface area contributed by atoms with Gasteiger partial charge in [0, 0.05) is 10.2 Å². The molecule has 1 nitrogen and oxygen atoms in total. The number of hydrogen-bond donors (Lipinski definition) is 0. The van der Waals surface area contributed by atoms with Gasteiger partial charge in [-0.05, 0) is 30.0 Å². The fourth-order valence-corrected chi connectivity index (χ4v) is 3.09. The van der Waals surface area contributed by atoms with E-state index >= 15 is 0 Å². The van der Waals surface area contributed by atoms with Gasteiger partial charge in [-0.15, -0.1) is 11.3 Å². The molecule has 0 saturated heterocycles. The number of thiophene rings is 1. The molecule has 74 valence electrons. The maximum Gasteiger partial charge on any atom is 0.136 e. The molecule has 1 heterocycles. The summed E-state index contributed by atoms with van der Waals surface area (Å²) in [5, 5.41) is 2.22. The predicted molar refractivity (Wildman–Crippen MR) is 65.7 cm³/mol.